The van der Waals surface area contributed by atoms with Gasteiger partial charge in [0, 0.05) is 31.4 Å². The molecule has 110 valence electrons. The van der Waals surface area contributed by atoms with E-state index in [1.54, 1.807) is 12.1 Å². The third kappa shape index (κ3) is 2.83. The van der Waals surface area contributed by atoms with Crippen molar-refractivity contribution in [2.24, 2.45) is 11.8 Å². The zero-order valence-electron chi connectivity index (χ0n) is 12.5. The predicted octanol–water partition coefficient (Wildman–Crippen LogP) is 3.56. The zero-order chi connectivity index (χ0) is 14.1. The lowest BCUT2D eigenvalue weighted by molar-refractivity contribution is 0.494. The average Bonchev–Trinajstić information content (AvgIpc) is 2.97. The van der Waals surface area contributed by atoms with E-state index in [4.69, 9.17) is 0 Å². The van der Waals surface area contributed by atoms with Gasteiger partial charge in [0.25, 0.3) is 0 Å². The summed E-state index contributed by atoms with van der Waals surface area (Å²) < 4.78 is 13.5. The molecule has 1 N–H and O–H groups in total. The molecule has 1 heterocycles. The molecule has 1 aromatic carbocycles. The van der Waals surface area contributed by atoms with E-state index in [0.29, 0.717) is 6.04 Å². The first-order valence-electron chi connectivity index (χ1n) is 7.90. The molecule has 0 amide bonds. The van der Waals surface area contributed by atoms with Crippen LogP contribution in [0.3, 0.4) is 0 Å². The number of benzene rings is 1. The van der Waals surface area contributed by atoms with Crippen LogP contribution >= 0.6 is 0 Å². The van der Waals surface area contributed by atoms with Gasteiger partial charge in [-0.15, -0.1) is 0 Å². The number of rotatable bonds is 4. The molecule has 1 aliphatic heterocycles. The molecule has 3 heteroatoms. The van der Waals surface area contributed by atoms with Crippen LogP contribution in [0.5, 0.6) is 0 Å². The van der Waals surface area contributed by atoms with Crippen molar-refractivity contribution in [3.63, 3.8) is 0 Å². The van der Waals surface area contributed by atoms with Gasteiger partial charge in [-0.3, -0.25) is 0 Å². The number of nitrogens with zero attached hydrogens (tertiary/aromatic N) is 1. The normalized spacial score (nSPS) is 25.5. The minimum Gasteiger partial charge on any atom is -0.371 e. The first-order valence-corrected chi connectivity index (χ1v) is 7.90. The molecule has 0 radical (unpaired) electrons. The monoisotopic (exact) mass is 276 g/mol. The second-order valence-electron chi connectivity index (χ2n) is 6.66. The molecule has 3 rings (SSSR count). The Hall–Kier alpha value is -1.09. The van der Waals surface area contributed by atoms with Crippen molar-refractivity contribution in [2.45, 2.75) is 45.7 Å². The van der Waals surface area contributed by atoms with Crippen molar-refractivity contribution in [1.29, 1.82) is 0 Å². The van der Waals surface area contributed by atoms with E-state index in [0.717, 1.165) is 37.0 Å². The molecule has 0 bridgehead atoms. The van der Waals surface area contributed by atoms with Crippen LogP contribution in [0.15, 0.2) is 18.2 Å². The van der Waals surface area contributed by atoms with Gasteiger partial charge in [0.2, 0.25) is 0 Å². The molecule has 0 aromatic heterocycles. The van der Waals surface area contributed by atoms with Crippen LogP contribution in [0.1, 0.15) is 38.7 Å². The number of hydrogen-bond donors (Lipinski definition) is 1. The van der Waals surface area contributed by atoms with Crippen LogP contribution < -0.4 is 10.2 Å². The van der Waals surface area contributed by atoms with Gasteiger partial charge in [-0.2, -0.15) is 0 Å². The Kier molecular flexibility index (Phi) is 3.97. The van der Waals surface area contributed by atoms with E-state index in [2.05, 4.69) is 24.1 Å². The summed E-state index contributed by atoms with van der Waals surface area (Å²) in [4.78, 5) is 2.48. The molecule has 1 aliphatic carbocycles. The Morgan fingerprint density at radius 1 is 1.25 bits per heavy atom. The fourth-order valence-corrected chi connectivity index (χ4v) is 3.75. The summed E-state index contributed by atoms with van der Waals surface area (Å²) in [5, 5.41) is 3.41. The van der Waals surface area contributed by atoms with Gasteiger partial charge in [-0.25, -0.2) is 4.39 Å². The minimum absolute atomic E-state index is 0.131. The predicted molar refractivity (Wildman–Crippen MR) is 81.4 cm³/mol. The maximum absolute atomic E-state index is 13.5. The van der Waals surface area contributed by atoms with Crippen molar-refractivity contribution < 1.29 is 4.39 Å². The zero-order valence-corrected chi connectivity index (χ0v) is 12.5. The van der Waals surface area contributed by atoms with E-state index in [1.165, 1.54) is 24.9 Å². The van der Waals surface area contributed by atoms with Crippen LogP contribution in [0.25, 0.3) is 0 Å². The van der Waals surface area contributed by atoms with Crippen LogP contribution in [-0.4, -0.2) is 19.1 Å². The summed E-state index contributed by atoms with van der Waals surface area (Å²) in [6.07, 6.45) is 4.15. The summed E-state index contributed by atoms with van der Waals surface area (Å²) in [6, 6.07) is 5.68. The molecular formula is C17H25FN2. The minimum atomic E-state index is -0.131. The maximum Gasteiger partial charge on any atom is 0.123 e. The van der Waals surface area contributed by atoms with E-state index < -0.39 is 0 Å². The molecule has 1 saturated heterocycles. The Bertz CT molecular complexity index is 460. The van der Waals surface area contributed by atoms with Gasteiger partial charge in [-0.1, -0.05) is 20.3 Å². The van der Waals surface area contributed by atoms with Gasteiger partial charge in [-0.05, 0) is 48.4 Å². The molecule has 2 fully saturated rings. The van der Waals surface area contributed by atoms with Crippen LogP contribution in [0.4, 0.5) is 10.1 Å². The largest absolute Gasteiger partial charge is 0.371 e. The molecule has 2 aliphatic rings. The second-order valence-corrected chi connectivity index (χ2v) is 6.66. The SMILES string of the molecule is CC(C)NCc1cc(F)ccc1N1CC2CCCC2C1. The Morgan fingerprint density at radius 3 is 2.60 bits per heavy atom. The molecular weight excluding hydrogens is 251 g/mol. The molecule has 1 saturated carbocycles. The highest BCUT2D eigenvalue weighted by Crippen LogP contribution is 2.40. The summed E-state index contributed by atoms with van der Waals surface area (Å²) in [5.41, 5.74) is 2.33. The van der Waals surface area contributed by atoms with Crippen molar-refractivity contribution >= 4 is 5.69 Å². The van der Waals surface area contributed by atoms with E-state index in [-0.39, 0.29) is 5.82 Å². The quantitative estimate of drug-likeness (QED) is 0.904. The number of hydrogen-bond acceptors (Lipinski definition) is 2. The molecule has 2 atom stereocenters. The molecule has 20 heavy (non-hydrogen) atoms. The van der Waals surface area contributed by atoms with Gasteiger partial charge in [0.15, 0.2) is 0 Å². The van der Waals surface area contributed by atoms with Gasteiger partial charge in [0.1, 0.15) is 5.82 Å². The van der Waals surface area contributed by atoms with Crippen LogP contribution in [-0.2, 0) is 6.54 Å². The first kappa shape index (κ1) is 13.9. The first-order chi connectivity index (χ1) is 9.63. The Morgan fingerprint density at radius 2 is 1.95 bits per heavy atom. The van der Waals surface area contributed by atoms with Gasteiger partial charge in [0.05, 0.1) is 0 Å². The molecule has 1 aromatic rings. The van der Waals surface area contributed by atoms with Gasteiger partial charge >= 0.3 is 0 Å². The fourth-order valence-electron chi connectivity index (χ4n) is 3.75. The standard InChI is InChI=1S/C17H25FN2/c1-12(2)19-9-15-8-16(18)6-7-17(15)20-10-13-4-3-5-14(13)11-20/h6-8,12-14,19H,3-5,9-11H2,1-2H3. The van der Waals surface area contributed by atoms with Crippen molar-refractivity contribution in [3.05, 3.63) is 29.6 Å². The lowest BCUT2D eigenvalue weighted by Crippen LogP contribution is -2.26. The summed E-state index contributed by atoms with van der Waals surface area (Å²) >= 11 is 0. The Labute approximate surface area is 121 Å². The van der Waals surface area contributed by atoms with Crippen molar-refractivity contribution in [3.8, 4) is 0 Å². The Balaban J connectivity index is 1.78. The number of halogens is 1. The smallest absolute Gasteiger partial charge is 0.123 e. The van der Waals surface area contributed by atoms with Gasteiger partial charge < -0.3 is 10.2 Å². The molecule has 0 spiro atoms. The lowest BCUT2D eigenvalue weighted by Gasteiger charge is -2.23. The van der Waals surface area contributed by atoms with Crippen molar-refractivity contribution in [2.75, 3.05) is 18.0 Å². The highest BCUT2D eigenvalue weighted by atomic mass is 19.1. The average molecular weight is 276 g/mol. The van der Waals surface area contributed by atoms with Crippen molar-refractivity contribution in [1.82, 2.24) is 5.32 Å². The summed E-state index contributed by atoms with van der Waals surface area (Å²) in [7, 11) is 0. The van der Waals surface area contributed by atoms with E-state index in [9.17, 15) is 4.39 Å². The molecule has 2 nitrogen and oxygen atoms in total. The molecule has 2 unspecified atom stereocenters. The van der Waals surface area contributed by atoms with E-state index >= 15 is 0 Å². The van der Waals surface area contributed by atoms with Crippen LogP contribution in [0, 0.1) is 17.7 Å². The number of nitrogens with one attached hydrogen (secondary N) is 1. The lowest BCUT2D eigenvalue weighted by atomic mass is 10.0. The second kappa shape index (κ2) is 5.72. The highest BCUT2D eigenvalue weighted by Gasteiger charge is 2.36. The maximum atomic E-state index is 13.5. The topological polar surface area (TPSA) is 15.3 Å². The fraction of sp³-hybridized carbons (Fsp3) is 0.647. The number of fused-ring (bicyclic) bond motifs is 1. The van der Waals surface area contributed by atoms with E-state index in [1.807, 2.05) is 6.07 Å². The summed E-state index contributed by atoms with van der Waals surface area (Å²) in [6.45, 7) is 7.31. The highest BCUT2D eigenvalue weighted by molar-refractivity contribution is 5.55. The van der Waals surface area contributed by atoms with Crippen LogP contribution in [0.2, 0.25) is 0 Å². The third-order valence-electron chi connectivity index (χ3n) is 4.81. The number of anilines is 1. The third-order valence-corrected chi connectivity index (χ3v) is 4.81. The summed E-state index contributed by atoms with van der Waals surface area (Å²) in [5.74, 6) is 1.60.